The summed E-state index contributed by atoms with van der Waals surface area (Å²) in [5.74, 6) is -1.54. The molecule has 1 N–H and O–H groups in total. The summed E-state index contributed by atoms with van der Waals surface area (Å²) in [5.41, 5.74) is 7.18. The number of aliphatic hydroxyl groups excluding tert-OH is 1. The van der Waals surface area contributed by atoms with E-state index >= 15 is 0 Å². The number of furan rings is 1. The topological polar surface area (TPSA) is 63.3 Å². The molecule has 0 amide bonds. The molecule has 0 aliphatic heterocycles. The van der Waals surface area contributed by atoms with E-state index in [2.05, 4.69) is 101 Å². The van der Waals surface area contributed by atoms with Crippen LogP contribution >= 0.6 is 0 Å². The van der Waals surface area contributed by atoms with Gasteiger partial charge in [-0.2, -0.15) is 13.2 Å². The molecule has 1 aliphatic carbocycles. The molecule has 0 saturated heterocycles. The van der Waals surface area contributed by atoms with Crippen LogP contribution in [-0.4, -0.2) is 22.1 Å². The van der Waals surface area contributed by atoms with E-state index in [1.807, 2.05) is 12.3 Å². The standard InChI is InChI=1S/C35H36NO.C7H9F3O2.Ir/c1-34(2,3)30-19-28(18-25-8-6-7-9-29(25)30)31-20-27(14-17-36-31)33-22-26-11-10-24(21-32(26)37-33)23-12-15-35(4,5)16-13-23;1-4(2)5(11)3-6(12)7(8,9)10;/h6-11,14,17,19-23H,12-13,15-16H2,1-5H3;3-4,11H,1-2H3;/q-1;;/b;5-3-;. The molecule has 0 bridgehead atoms. The summed E-state index contributed by atoms with van der Waals surface area (Å²) in [7, 11) is 0. The molecule has 267 valence electrons. The fourth-order valence-electron chi connectivity index (χ4n) is 6.28. The molecule has 5 aromatic rings. The second-order valence-electron chi connectivity index (χ2n) is 15.3. The molecule has 2 aromatic heterocycles. The Hall–Kier alpha value is -3.74. The number of aromatic nitrogens is 1. The first kappa shape index (κ1) is 39.1. The monoisotopic (exact) mass is 861 g/mol. The van der Waals surface area contributed by atoms with Crippen LogP contribution in [0.3, 0.4) is 0 Å². The molecular weight excluding hydrogens is 816 g/mol. The number of aliphatic hydroxyl groups is 1. The van der Waals surface area contributed by atoms with Crippen LogP contribution in [0.1, 0.15) is 91.2 Å². The second kappa shape index (κ2) is 15.2. The normalized spacial score (nSPS) is 15.5. The van der Waals surface area contributed by atoms with Crippen molar-refractivity contribution in [3.05, 3.63) is 102 Å². The van der Waals surface area contributed by atoms with E-state index in [9.17, 15) is 18.0 Å². The fraction of sp³-hybridized carbons (Fsp3) is 0.381. The average molecular weight is 861 g/mol. The number of ketones is 1. The van der Waals surface area contributed by atoms with E-state index in [4.69, 9.17) is 14.5 Å². The largest absolute Gasteiger partial charge is 0.512 e. The number of nitrogens with zero attached hydrogens (tertiary/aromatic N) is 1. The van der Waals surface area contributed by atoms with Crippen molar-refractivity contribution < 1.29 is 47.6 Å². The molecule has 1 fully saturated rings. The van der Waals surface area contributed by atoms with Crippen molar-refractivity contribution >= 4 is 27.5 Å². The van der Waals surface area contributed by atoms with Gasteiger partial charge in [0.05, 0.1) is 5.76 Å². The predicted molar refractivity (Wildman–Crippen MR) is 192 cm³/mol. The molecule has 2 heterocycles. The van der Waals surface area contributed by atoms with Gasteiger partial charge in [0.2, 0.25) is 0 Å². The number of rotatable bonds is 5. The fourth-order valence-corrected chi connectivity index (χ4v) is 6.28. The van der Waals surface area contributed by atoms with Crippen LogP contribution in [0.4, 0.5) is 13.2 Å². The van der Waals surface area contributed by atoms with Gasteiger partial charge in [-0.25, -0.2) is 0 Å². The van der Waals surface area contributed by atoms with Gasteiger partial charge in [0.1, 0.15) is 11.3 Å². The third-order valence-corrected chi connectivity index (χ3v) is 9.41. The maximum Gasteiger partial charge on any atom is 0.454 e. The summed E-state index contributed by atoms with van der Waals surface area (Å²) in [6.07, 6.45) is 2.29. The van der Waals surface area contributed by atoms with Crippen molar-refractivity contribution in [3.63, 3.8) is 0 Å². The Morgan fingerprint density at radius 3 is 2.32 bits per heavy atom. The molecule has 8 heteroatoms. The van der Waals surface area contributed by atoms with Gasteiger partial charge in [-0.1, -0.05) is 95.8 Å². The van der Waals surface area contributed by atoms with Crippen molar-refractivity contribution in [3.8, 4) is 22.6 Å². The van der Waals surface area contributed by atoms with Crippen molar-refractivity contribution in [2.45, 2.75) is 91.7 Å². The smallest absolute Gasteiger partial charge is 0.454 e. The second-order valence-corrected chi connectivity index (χ2v) is 15.3. The molecule has 1 radical (unpaired) electrons. The maximum atomic E-state index is 11.6. The van der Waals surface area contributed by atoms with Crippen molar-refractivity contribution in [1.82, 2.24) is 4.98 Å². The first-order valence-electron chi connectivity index (χ1n) is 16.9. The van der Waals surface area contributed by atoms with Crippen LogP contribution in [0.15, 0.2) is 89.2 Å². The minimum Gasteiger partial charge on any atom is -0.512 e. The van der Waals surface area contributed by atoms with Crippen molar-refractivity contribution in [2.75, 3.05) is 0 Å². The number of carbonyl (C=O) groups excluding carboxylic acids is 1. The zero-order valence-electron chi connectivity index (χ0n) is 29.7. The van der Waals surface area contributed by atoms with Crippen LogP contribution in [-0.2, 0) is 30.3 Å². The Kier molecular flexibility index (Phi) is 11.9. The number of hydrogen-bond donors (Lipinski definition) is 1. The summed E-state index contributed by atoms with van der Waals surface area (Å²) in [5, 5.41) is 12.3. The number of carbonyl (C=O) groups is 1. The third kappa shape index (κ3) is 9.32. The van der Waals surface area contributed by atoms with E-state index < -0.39 is 23.6 Å². The quantitative estimate of drug-likeness (QED) is 0.109. The Balaban J connectivity index is 0.000000373. The first-order valence-corrected chi connectivity index (χ1v) is 16.9. The zero-order valence-corrected chi connectivity index (χ0v) is 32.1. The molecule has 50 heavy (non-hydrogen) atoms. The molecule has 0 spiro atoms. The Labute approximate surface area is 306 Å². The summed E-state index contributed by atoms with van der Waals surface area (Å²) < 4.78 is 41.1. The van der Waals surface area contributed by atoms with Crippen LogP contribution in [0.5, 0.6) is 0 Å². The molecule has 1 aliphatic rings. The van der Waals surface area contributed by atoms with Crippen LogP contribution in [0.25, 0.3) is 44.3 Å². The first-order chi connectivity index (χ1) is 22.9. The van der Waals surface area contributed by atoms with Crippen LogP contribution in [0.2, 0.25) is 0 Å². The number of alkyl halides is 3. The number of benzene rings is 3. The number of halogens is 3. The molecule has 3 aromatic carbocycles. The molecule has 4 nitrogen and oxygen atoms in total. The van der Waals surface area contributed by atoms with E-state index in [0.717, 1.165) is 38.9 Å². The van der Waals surface area contributed by atoms with Gasteiger partial charge in [0, 0.05) is 54.9 Å². The molecular formula is C42H45F3IrNO3-. The molecule has 0 atom stereocenters. The summed E-state index contributed by atoms with van der Waals surface area (Å²) in [4.78, 5) is 15.0. The van der Waals surface area contributed by atoms with E-state index in [-0.39, 0.29) is 31.6 Å². The van der Waals surface area contributed by atoms with Gasteiger partial charge in [-0.3, -0.25) is 9.78 Å². The minimum atomic E-state index is -4.90. The number of hydrogen-bond acceptors (Lipinski definition) is 4. The van der Waals surface area contributed by atoms with Gasteiger partial charge < -0.3 is 9.52 Å². The summed E-state index contributed by atoms with van der Waals surface area (Å²) in [6.45, 7) is 14.5. The van der Waals surface area contributed by atoms with E-state index in [1.54, 1.807) is 0 Å². The number of allylic oxidation sites excluding steroid dienone is 2. The summed E-state index contributed by atoms with van der Waals surface area (Å²) in [6, 6.07) is 27.5. The molecule has 1 saturated carbocycles. The Morgan fingerprint density at radius 1 is 1.00 bits per heavy atom. The van der Waals surface area contributed by atoms with Gasteiger partial charge in [-0.15, -0.1) is 29.1 Å². The van der Waals surface area contributed by atoms with E-state index in [1.165, 1.54) is 56.0 Å². The number of pyridine rings is 1. The van der Waals surface area contributed by atoms with Crippen LogP contribution in [0, 0.1) is 17.4 Å². The zero-order chi connectivity index (χ0) is 35.7. The molecule has 0 unspecified atom stereocenters. The van der Waals surface area contributed by atoms with Gasteiger partial charge >= 0.3 is 6.18 Å². The predicted octanol–water partition coefficient (Wildman–Crippen LogP) is 12.3. The Morgan fingerprint density at radius 2 is 1.68 bits per heavy atom. The average Bonchev–Trinajstić information content (AvgIpc) is 3.47. The minimum absolute atomic E-state index is 0. The summed E-state index contributed by atoms with van der Waals surface area (Å²) >= 11 is 0. The van der Waals surface area contributed by atoms with Crippen LogP contribution < -0.4 is 0 Å². The maximum absolute atomic E-state index is 11.6. The van der Waals surface area contributed by atoms with Gasteiger partial charge in [0.15, 0.2) is 0 Å². The third-order valence-electron chi connectivity index (χ3n) is 9.41. The van der Waals surface area contributed by atoms with Crippen molar-refractivity contribution in [2.24, 2.45) is 11.3 Å². The van der Waals surface area contributed by atoms with E-state index in [0.29, 0.717) is 11.3 Å². The molecule has 6 rings (SSSR count). The SMILES string of the molecule is CC(C)/C(O)=C/C(=O)C(F)(F)F.CC1(C)CCC(c2ccc3cc(-c4ccnc(-c5[c-]c6ccccc6c(C(C)(C)C)c5)c4)oc3c2)CC1.[Ir]. The van der Waals surface area contributed by atoms with Gasteiger partial charge in [0.25, 0.3) is 5.78 Å². The van der Waals surface area contributed by atoms with Gasteiger partial charge in [-0.05, 0) is 66.2 Å². The number of fused-ring (bicyclic) bond motifs is 2. The van der Waals surface area contributed by atoms with Crippen molar-refractivity contribution in [1.29, 1.82) is 0 Å². The Bertz CT molecular complexity index is 1990.